The molecule has 1 aromatic carbocycles. The molecule has 0 amide bonds. The maximum atomic E-state index is 4.52. The fraction of sp³-hybridized carbons (Fsp3) is 0.640. The van der Waals surface area contributed by atoms with Crippen LogP contribution in [0.4, 0.5) is 0 Å². The van der Waals surface area contributed by atoms with Gasteiger partial charge in [-0.15, -0.1) is 0 Å². The Labute approximate surface area is 170 Å². The SMILES string of the molecule is CCc1cnn(CC2CCN(Cc3ccc(C4CC5(CCC5)C4)cc3)CC2)c1. The van der Waals surface area contributed by atoms with Gasteiger partial charge in [-0.25, -0.2) is 0 Å². The molecule has 2 heterocycles. The van der Waals surface area contributed by atoms with Crippen LogP contribution in [-0.2, 0) is 19.5 Å². The van der Waals surface area contributed by atoms with Crippen molar-refractivity contribution in [3.05, 3.63) is 53.3 Å². The fourth-order valence-corrected chi connectivity index (χ4v) is 5.74. The van der Waals surface area contributed by atoms with E-state index in [1.807, 2.05) is 6.20 Å². The highest BCUT2D eigenvalue weighted by Gasteiger charge is 2.48. The Balaban J connectivity index is 1.08. The first kappa shape index (κ1) is 18.4. The van der Waals surface area contributed by atoms with Crippen molar-refractivity contribution in [2.75, 3.05) is 13.1 Å². The van der Waals surface area contributed by atoms with E-state index in [4.69, 9.17) is 0 Å². The van der Waals surface area contributed by atoms with Crippen molar-refractivity contribution in [3.8, 4) is 0 Å². The molecule has 0 radical (unpaired) electrons. The lowest BCUT2D eigenvalue weighted by Crippen LogP contribution is -2.41. The number of aryl methyl sites for hydroxylation is 1. The monoisotopic (exact) mass is 377 g/mol. The van der Waals surface area contributed by atoms with Crippen molar-refractivity contribution >= 4 is 0 Å². The Bertz CT molecular complexity index is 770. The summed E-state index contributed by atoms with van der Waals surface area (Å²) in [6.45, 7) is 6.84. The third-order valence-corrected chi connectivity index (χ3v) is 7.88. The first-order valence-corrected chi connectivity index (χ1v) is 11.5. The van der Waals surface area contributed by atoms with E-state index in [-0.39, 0.29) is 0 Å². The van der Waals surface area contributed by atoms with E-state index in [2.05, 4.69) is 52.1 Å². The van der Waals surface area contributed by atoms with Crippen molar-refractivity contribution in [1.82, 2.24) is 14.7 Å². The second kappa shape index (κ2) is 7.67. The van der Waals surface area contributed by atoms with Crippen molar-refractivity contribution in [2.24, 2.45) is 11.3 Å². The summed E-state index contributed by atoms with van der Waals surface area (Å²) in [5, 5.41) is 4.52. The van der Waals surface area contributed by atoms with Gasteiger partial charge in [0, 0.05) is 19.3 Å². The van der Waals surface area contributed by atoms with Gasteiger partial charge >= 0.3 is 0 Å². The summed E-state index contributed by atoms with van der Waals surface area (Å²) in [5.41, 5.74) is 5.21. The predicted octanol–water partition coefficient (Wildman–Crippen LogP) is 5.41. The van der Waals surface area contributed by atoms with Crippen LogP contribution >= 0.6 is 0 Å². The largest absolute Gasteiger partial charge is 0.299 e. The molecule has 1 aliphatic heterocycles. The minimum atomic E-state index is 0.778. The molecule has 0 atom stereocenters. The van der Waals surface area contributed by atoms with Gasteiger partial charge in [0.05, 0.1) is 6.20 Å². The molecule has 0 bridgehead atoms. The summed E-state index contributed by atoms with van der Waals surface area (Å²) in [6, 6.07) is 9.62. The molecule has 1 aromatic heterocycles. The molecular formula is C25H35N3. The second-order valence-electron chi connectivity index (χ2n) is 9.84. The molecule has 2 aliphatic carbocycles. The van der Waals surface area contributed by atoms with Crippen LogP contribution in [0.1, 0.15) is 74.5 Å². The maximum Gasteiger partial charge on any atom is 0.0521 e. The summed E-state index contributed by atoms with van der Waals surface area (Å²) in [7, 11) is 0. The Hall–Kier alpha value is -1.61. The van der Waals surface area contributed by atoms with E-state index in [1.165, 1.54) is 69.2 Å². The van der Waals surface area contributed by atoms with Crippen LogP contribution in [0.25, 0.3) is 0 Å². The zero-order chi connectivity index (χ0) is 19.0. The summed E-state index contributed by atoms with van der Waals surface area (Å²) < 4.78 is 2.16. The zero-order valence-electron chi connectivity index (χ0n) is 17.4. The molecule has 3 fully saturated rings. The van der Waals surface area contributed by atoms with Crippen LogP contribution < -0.4 is 0 Å². The standard InChI is InChI=1S/C25H35N3/c1-2-20-16-26-28(18-20)19-22-8-12-27(13-9-22)17-21-4-6-23(7-5-21)24-14-25(15-24)10-3-11-25/h4-7,16,18,22,24H,2-3,8-15,17,19H2,1H3. The minimum Gasteiger partial charge on any atom is -0.299 e. The van der Waals surface area contributed by atoms with Crippen molar-refractivity contribution in [3.63, 3.8) is 0 Å². The number of nitrogens with zero attached hydrogens (tertiary/aromatic N) is 3. The molecule has 3 aliphatic rings. The average Bonchev–Trinajstić information content (AvgIpc) is 3.10. The molecule has 3 nitrogen and oxygen atoms in total. The number of rotatable bonds is 6. The maximum absolute atomic E-state index is 4.52. The first-order chi connectivity index (χ1) is 13.7. The zero-order valence-corrected chi connectivity index (χ0v) is 17.4. The van der Waals surface area contributed by atoms with Gasteiger partial charge in [-0.05, 0) is 92.0 Å². The highest BCUT2D eigenvalue weighted by molar-refractivity contribution is 5.28. The number of piperidine rings is 1. The average molecular weight is 378 g/mol. The summed E-state index contributed by atoms with van der Waals surface area (Å²) in [5.74, 6) is 1.63. The number of aromatic nitrogens is 2. The van der Waals surface area contributed by atoms with Crippen LogP contribution in [0.15, 0.2) is 36.7 Å². The Morgan fingerprint density at radius 3 is 2.39 bits per heavy atom. The molecule has 1 saturated heterocycles. The molecule has 2 saturated carbocycles. The van der Waals surface area contributed by atoms with Crippen molar-refractivity contribution in [1.29, 1.82) is 0 Å². The third-order valence-electron chi connectivity index (χ3n) is 7.88. The molecule has 3 heteroatoms. The van der Waals surface area contributed by atoms with E-state index in [0.717, 1.165) is 36.8 Å². The minimum absolute atomic E-state index is 0.778. The van der Waals surface area contributed by atoms with Gasteiger partial charge in [0.1, 0.15) is 0 Å². The molecule has 0 unspecified atom stereocenters. The van der Waals surface area contributed by atoms with Gasteiger partial charge in [0.25, 0.3) is 0 Å². The highest BCUT2D eigenvalue weighted by Crippen LogP contribution is 2.61. The number of hydrogen-bond donors (Lipinski definition) is 0. The van der Waals surface area contributed by atoms with E-state index in [0.29, 0.717) is 0 Å². The second-order valence-corrected chi connectivity index (χ2v) is 9.84. The Kier molecular flexibility index (Phi) is 5.04. The lowest BCUT2D eigenvalue weighted by molar-refractivity contribution is 0.00900. The summed E-state index contributed by atoms with van der Waals surface area (Å²) in [6.07, 6.45) is 15.3. The van der Waals surface area contributed by atoms with E-state index < -0.39 is 0 Å². The van der Waals surface area contributed by atoms with E-state index in [1.54, 1.807) is 5.56 Å². The van der Waals surface area contributed by atoms with Crippen molar-refractivity contribution < 1.29 is 0 Å². The molecule has 0 N–H and O–H groups in total. The van der Waals surface area contributed by atoms with Crippen LogP contribution in [0.5, 0.6) is 0 Å². The van der Waals surface area contributed by atoms with Gasteiger partial charge in [-0.2, -0.15) is 5.10 Å². The Morgan fingerprint density at radius 1 is 1.04 bits per heavy atom. The molecular weight excluding hydrogens is 342 g/mol. The van der Waals surface area contributed by atoms with E-state index in [9.17, 15) is 0 Å². The van der Waals surface area contributed by atoms with Crippen LogP contribution in [0.3, 0.4) is 0 Å². The number of benzene rings is 1. The molecule has 5 rings (SSSR count). The number of likely N-dealkylation sites (tertiary alicyclic amines) is 1. The third kappa shape index (κ3) is 3.78. The topological polar surface area (TPSA) is 21.1 Å². The number of hydrogen-bond acceptors (Lipinski definition) is 2. The predicted molar refractivity (Wildman–Crippen MR) is 114 cm³/mol. The summed E-state index contributed by atoms with van der Waals surface area (Å²) >= 11 is 0. The van der Waals surface area contributed by atoms with Gasteiger partial charge in [0.2, 0.25) is 0 Å². The van der Waals surface area contributed by atoms with Gasteiger partial charge < -0.3 is 0 Å². The van der Waals surface area contributed by atoms with Gasteiger partial charge in [0.15, 0.2) is 0 Å². The lowest BCUT2D eigenvalue weighted by atomic mass is 9.51. The summed E-state index contributed by atoms with van der Waals surface area (Å²) in [4.78, 5) is 2.64. The molecule has 28 heavy (non-hydrogen) atoms. The van der Waals surface area contributed by atoms with Gasteiger partial charge in [-0.1, -0.05) is 37.6 Å². The van der Waals surface area contributed by atoms with Crippen molar-refractivity contribution in [2.45, 2.75) is 77.3 Å². The van der Waals surface area contributed by atoms with E-state index >= 15 is 0 Å². The fourth-order valence-electron chi connectivity index (χ4n) is 5.74. The lowest BCUT2D eigenvalue weighted by Gasteiger charge is -2.54. The van der Waals surface area contributed by atoms with Gasteiger partial charge in [-0.3, -0.25) is 9.58 Å². The van der Waals surface area contributed by atoms with Crippen LogP contribution in [0, 0.1) is 11.3 Å². The molecule has 150 valence electrons. The highest BCUT2D eigenvalue weighted by atomic mass is 15.3. The molecule has 2 aromatic rings. The Morgan fingerprint density at radius 2 is 1.79 bits per heavy atom. The molecule has 1 spiro atoms. The first-order valence-electron chi connectivity index (χ1n) is 11.5. The van der Waals surface area contributed by atoms with Crippen LogP contribution in [0.2, 0.25) is 0 Å². The van der Waals surface area contributed by atoms with Crippen LogP contribution in [-0.4, -0.2) is 27.8 Å². The quantitative estimate of drug-likeness (QED) is 0.671. The normalized spacial score (nSPS) is 22.9. The smallest absolute Gasteiger partial charge is 0.0521 e.